The van der Waals surface area contributed by atoms with Crippen LogP contribution in [0.25, 0.3) is 0 Å². The SMILES string of the molecule is Cc1ccc(S(=O)(=O)N2CCCc3cc(NC(=O)c4cc([N+](=O)[O-])ccc4Cl)ccc32)cc1. The highest BCUT2D eigenvalue weighted by Gasteiger charge is 2.29. The minimum Gasteiger partial charge on any atom is -0.322 e. The van der Waals surface area contributed by atoms with Gasteiger partial charge in [-0.05, 0) is 61.7 Å². The van der Waals surface area contributed by atoms with Gasteiger partial charge in [0.25, 0.3) is 21.6 Å². The number of nitro benzene ring substituents is 1. The number of nitrogens with zero attached hydrogens (tertiary/aromatic N) is 2. The second-order valence-electron chi connectivity index (χ2n) is 7.71. The van der Waals surface area contributed by atoms with Gasteiger partial charge in [0, 0.05) is 24.4 Å². The maximum absolute atomic E-state index is 13.2. The molecule has 0 aliphatic carbocycles. The fourth-order valence-electron chi connectivity index (χ4n) is 3.73. The Bertz CT molecular complexity index is 1360. The molecule has 0 bridgehead atoms. The molecule has 0 fully saturated rings. The van der Waals surface area contributed by atoms with Crippen molar-refractivity contribution in [3.8, 4) is 0 Å². The average Bonchev–Trinajstić information content (AvgIpc) is 2.78. The zero-order valence-corrected chi connectivity index (χ0v) is 19.2. The molecular formula is C23H20ClN3O5S. The molecule has 33 heavy (non-hydrogen) atoms. The van der Waals surface area contributed by atoms with Crippen molar-refractivity contribution >= 4 is 44.6 Å². The molecule has 1 aliphatic rings. The van der Waals surface area contributed by atoms with Crippen LogP contribution in [0.5, 0.6) is 0 Å². The molecule has 1 amide bonds. The Labute approximate surface area is 196 Å². The van der Waals surface area contributed by atoms with Gasteiger partial charge in [0.15, 0.2) is 0 Å². The zero-order valence-electron chi connectivity index (χ0n) is 17.6. The summed E-state index contributed by atoms with van der Waals surface area (Å²) < 4.78 is 27.8. The Hall–Kier alpha value is -3.43. The topological polar surface area (TPSA) is 110 Å². The van der Waals surface area contributed by atoms with E-state index in [4.69, 9.17) is 11.6 Å². The molecule has 3 aromatic rings. The van der Waals surface area contributed by atoms with Crippen LogP contribution in [0.2, 0.25) is 5.02 Å². The van der Waals surface area contributed by atoms with Crippen LogP contribution in [0, 0.1) is 17.0 Å². The molecule has 0 radical (unpaired) electrons. The van der Waals surface area contributed by atoms with E-state index in [1.807, 2.05) is 6.92 Å². The van der Waals surface area contributed by atoms with Crippen LogP contribution >= 0.6 is 11.6 Å². The van der Waals surface area contributed by atoms with Crippen LogP contribution in [0.1, 0.15) is 27.9 Å². The number of non-ortho nitro benzene ring substituents is 1. The predicted molar refractivity (Wildman–Crippen MR) is 127 cm³/mol. The molecule has 1 heterocycles. The first kappa shape index (κ1) is 22.8. The van der Waals surface area contributed by atoms with Gasteiger partial charge in [0.1, 0.15) is 0 Å². The lowest BCUT2D eigenvalue weighted by Gasteiger charge is -2.31. The van der Waals surface area contributed by atoms with Gasteiger partial charge < -0.3 is 5.32 Å². The highest BCUT2D eigenvalue weighted by atomic mass is 35.5. The molecule has 0 aromatic heterocycles. The third kappa shape index (κ3) is 4.55. The first-order valence-electron chi connectivity index (χ1n) is 10.1. The van der Waals surface area contributed by atoms with E-state index < -0.39 is 20.9 Å². The van der Waals surface area contributed by atoms with E-state index in [1.54, 1.807) is 42.5 Å². The van der Waals surface area contributed by atoms with Gasteiger partial charge in [-0.2, -0.15) is 0 Å². The summed E-state index contributed by atoms with van der Waals surface area (Å²) in [6.07, 6.45) is 1.28. The molecule has 1 aliphatic heterocycles. The molecule has 1 N–H and O–H groups in total. The Morgan fingerprint density at radius 2 is 1.82 bits per heavy atom. The van der Waals surface area contributed by atoms with Gasteiger partial charge in [0.05, 0.1) is 26.1 Å². The summed E-state index contributed by atoms with van der Waals surface area (Å²) in [7, 11) is -3.72. The number of fused-ring (bicyclic) bond motifs is 1. The lowest BCUT2D eigenvalue weighted by Crippen LogP contribution is -2.35. The van der Waals surface area contributed by atoms with Crippen LogP contribution in [0.15, 0.2) is 65.6 Å². The van der Waals surface area contributed by atoms with E-state index >= 15 is 0 Å². The number of hydrogen-bond donors (Lipinski definition) is 1. The van der Waals surface area contributed by atoms with Crippen molar-refractivity contribution in [1.29, 1.82) is 0 Å². The number of benzene rings is 3. The number of sulfonamides is 1. The van der Waals surface area contributed by atoms with Gasteiger partial charge in [-0.15, -0.1) is 0 Å². The van der Waals surface area contributed by atoms with Crippen molar-refractivity contribution in [3.63, 3.8) is 0 Å². The van der Waals surface area contributed by atoms with Crippen LogP contribution in [0.3, 0.4) is 0 Å². The molecule has 0 atom stereocenters. The number of nitro groups is 1. The van der Waals surface area contributed by atoms with Crippen molar-refractivity contribution < 1.29 is 18.1 Å². The van der Waals surface area contributed by atoms with Gasteiger partial charge in [-0.3, -0.25) is 19.2 Å². The number of anilines is 2. The maximum atomic E-state index is 13.2. The largest absolute Gasteiger partial charge is 0.322 e. The van der Waals surface area contributed by atoms with Gasteiger partial charge in [-0.1, -0.05) is 29.3 Å². The van der Waals surface area contributed by atoms with Gasteiger partial charge in [0.2, 0.25) is 0 Å². The highest BCUT2D eigenvalue weighted by molar-refractivity contribution is 7.92. The molecule has 0 spiro atoms. The second kappa shape index (κ2) is 8.84. The summed E-state index contributed by atoms with van der Waals surface area (Å²) in [4.78, 5) is 23.3. The van der Waals surface area contributed by atoms with Crippen LogP contribution < -0.4 is 9.62 Å². The molecule has 0 saturated carbocycles. The first-order chi connectivity index (χ1) is 15.7. The van der Waals surface area contributed by atoms with Crippen molar-refractivity contribution in [2.24, 2.45) is 0 Å². The number of nitrogens with one attached hydrogen (secondary N) is 1. The maximum Gasteiger partial charge on any atom is 0.270 e. The number of rotatable bonds is 5. The molecule has 10 heteroatoms. The Morgan fingerprint density at radius 3 is 2.52 bits per heavy atom. The molecule has 0 unspecified atom stereocenters. The summed E-state index contributed by atoms with van der Waals surface area (Å²) >= 11 is 6.06. The number of carbonyl (C=O) groups excluding carboxylic acids is 1. The second-order valence-corrected chi connectivity index (χ2v) is 9.98. The van der Waals surface area contributed by atoms with Crippen molar-refractivity contribution in [3.05, 3.63) is 92.5 Å². The Morgan fingerprint density at radius 1 is 1.09 bits per heavy atom. The van der Waals surface area contributed by atoms with Crippen LogP contribution in [-0.2, 0) is 16.4 Å². The third-order valence-electron chi connectivity index (χ3n) is 5.43. The van der Waals surface area contributed by atoms with E-state index in [2.05, 4.69) is 5.32 Å². The lowest BCUT2D eigenvalue weighted by molar-refractivity contribution is -0.384. The fraction of sp³-hybridized carbons (Fsp3) is 0.174. The summed E-state index contributed by atoms with van der Waals surface area (Å²) in [6.45, 7) is 2.25. The quantitative estimate of drug-likeness (QED) is 0.406. The Kier molecular flexibility index (Phi) is 6.09. The van der Waals surface area contributed by atoms with E-state index in [0.29, 0.717) is 30.8 Å². The van der Waals surface area contributed by atoms with Crippen molar-refractivity contribution in [2.45, 2.75) is 24.7 Å². The summed E-state index contributed by atoms with van der Waals surface area (Å²) in [6, 6.07) is 15.3. The lowest BCUT2D eigenvalue weighted by atomic mass is 10.0. The molecule has 170 valence electrons. The molecule has 3 aromatic carbocycles. The standard InChI is InChI=1S/C23H20ClN3O5S/c1-15-4-8-19(9-5-15)33(31,32)26-12-2-3-16-13-17(6-11-22(16)26)25-23(28)20-14-18(27(29)30)7-10-21(20)24/h4-11,13-14H,2-3,12H2,1H3,(H,25,28). The minimum absolute atomic E-state index is 0.0211. The van der Waals surface area contributed by atoms with Crippen molar-refractivity contribution in [1.82, 2.24) is 0 Å². The molecule has 0 saturated heterocycles. The molecule has 8 nitrogen and oxygen atoms in total. The molecule has 4 rings (SSSR count). The van der Waals surface area contributed by atoms with Crippen molar-refractivity contribution in [2.75, 3.05) is 16.2 Å². The van der Waals surface area contributed by atoms with Gasteiger partial charge in [-0.25, -0.2) is 8.42 Å². The van der Waals surface area contributed by atoms with Crippen LogP contribution in [-0.4, -0.2) is 25.8 Å². The summed E-state index contributed by atoms with van der Waals surface area (Å²) in [5.41, 5.74) is 2.49. The number of amides is 1. The minimum atomic E-state index is -3.72. The van der Waals surface area contributed by atoms with Crippen LogP contribution in [0.4, 0.5) is 17.1 Å². The van der Waals surface area contributed by atoms with Gasteiger partial charge >= 0.3 is 0 Å². The fourth-order valence-corrected chi connectivity index (χ4v) is 5.47. The van der Waals surface area contributed by atoms with E-state index in [9.17, 15) is 23.3 Å². The monoisotopic (exact) mass is 485 g/mol. The molecular weight excluding hydrogens is 466 g/mol. The number of hydrogen-bond acceptors (Lipinski definition) is 5. The summed E-state index contributed by atoms with van der Waals surface area (Å²) in [5, 5.41) is 13.8. The third-order valence-corrected chi connectivity index (χ3v) is 7.58. The Balaban J connectivity index is 1.61. The van der Waals surface area contributed by atoms with E-state index in [0.717, 1.165) is 17.2 Å². The van der Waals surface area contributed by atoms with E-state index in [1.165, 1.54) is 16.4 Å². The van der Waals surface area contributed by atoms with E-state index in [-0.39, 0.29) is 21.2 Å². The first-order valence-corrected chi connectivity index (χ1v) is 12.0. The highest BCUT2D eigenvalue weighted by Crippen LogP contribution is 2.34. The number of carbonyl (C=O) groups is 1. The average molecular weight is 486 g/mol. The number of halogens is 1. The normalized spacial score (nSPS) is 13.3. The number of aryl methyl sites for hydroxylation is 2. The predicted octanol–water partition coefficient (Wildman–Crippen LogP) is 4.95. The smallest absolute Gasteiger partial charge is 0.270 e. The summed E-state index contributed by atoms with van der Waals surface area (Å²) in [5.74, 6) is -0.594. The zero-order chi connectivity index (χ0) is 23.8.